The quantitative estimate of drug-likeness (QED) is 0.512. The van der Waals surface area contributed by atoms with E-state index in [1.54, 1.807) is 0 Å². The van der Waals surface area contributed by atoms with Crippen LogP contribution < -0.4 is 16.0 Å². The summed E-state index contributed by atoms with van der Waals surface area (Å²) in [5.41, 5.74) is 0. The van der Waals surface area contributed by atoms with Gasteiger partial charge in [-0.25, -0.2) is 4.79 Å². The van der Waals surface area contributed by atoms with E-state index < -0.39 is 30.0 Å². The molecule has 0 saturated carbocycles. The van der Waals surface area contributed by atoms with Crippen LogP contribution in [0, 0.1) is 0 Å². The number of nitrogens with one attached hydrogen (secondary N) is 3. The van der Waals surface area contributed by atoms with Crippen LogP contribution in [0.4, 0.5) is 4.79 Å². The number of carbonyl (C=O) groups is 4. The maximum absolute atomic E-state index is 11.7. The van der Waals surface area contributed by atoms with Gasteiger partial charge in [-0.2, -0.15) is 0 Å². The van der Waals surface area contributed by atoms with E-state index in [1.807, 2.05) is 6.92 Å². The number of carbonyl (C=O) groups excluding carboxylic acids is 4. The molecule has 0 aliphatic carbocycles. The van der Waals surface area contributed by atoms with Crippen molar-refractivity contribution in [2.45, 2.75) is 38.8 Å². The Balaban J connectivity index is 4.14. The van der Waals surface area contributed by atoms with Gasteiger partial charge >= 0.3 is 6.09 Å². The lowest BCUT2D eigenvalue weighted by atomic mass is 10.2. The molecule has 3 amide bonds. The molecule has 0 spiro atoms. The molecule has 3 N–H and O–H groups in total. The third-order valence-corrected chi connectivity index (χ3v) is 2.44. The average molecular weight is 287 g/mol. The lowest BCUT2D eigenvalue weighted by Crippen LogP contribution is -2.50. The molecule has 0 bridgehead atoms. The summed E-state index contributed by atoms with van der Waals surface area (Å²) >= 11 is 0. The van der Waals surface area contributed by atoms with Crippen molar-refractivity contribution < 1.29 is 23.9 Å². The minimum absolute atomic E-state index is 0.295. The van der Waals surface area contributed by atoms with Crippen LogP contribution in [-0.2, 0) is 19.1 Å². The highest BCUT2D eigenvalue weighted by Gasteiger charge is 2.18. The number of ether oxygens (including phenoxy) is 1. The number of aldehydes is 1. The highest BCUT2D eigenvalue weighted by atomic mass is 16.5. The molecule has 0 aromatic rings. The Hall–Kier alpha value is -2.12. The van der Waals surface area contributed by atoms with Gasteiger partial charge in [0.2, 0.25) is 11.8 Å². The maximum atomic E-state index is 11.7. The molecule has 0 saturated heterocycles. The summed E-state index contributed by atoms with van der Waals surface area (Å²) in [7, 11) is 1.18. The molecule has 0 aromatic carbocycles. The van der Waals surface area contributed by atoms with Gasteiger partial charge in [-0.05, 0) is 13.3 Å². The highest BCUT2D eigenvalue weighted by molar-refractivity contribution is 5.90. The van der Waals surface area contributed by atoms with E-state index in [0.717, 1.165) is 6.42 Å². The summed E-state index contributed by atoms with van der Waals surface area (Å²) in [6.45, 7) is 3.09. The van der Waals surface area contributed by atoms with Gasteiger partial charge in [-0.3, -0.25) is 9.59 Å². The van der Waals surface area contributed by atoms with Crippen molar-refractivity contribution in [1.82, 2.24) is 16.0 Å². The van der Waals surface area contributed by atoms with E-state index in [-0.39, 0.29) is 6.54 Å². The smallest absolute Gasteiger partial charge is 0.407 e. The van der Waals surface area contributed by atoms with Crippen LogP contribution in [0.2, 0.25) is 0 Å². The Morgan fingerprint density at radius 3 is 2.40 bits per heavy atom. The van der Waals surface area contributed by atoms with E-state index >= 15 is 0 Å². The highest BCUT2D eigenvalue weighted by Crippen LogP contribution is 1.94. The molecule has 0 radical (unpaired) electrons. The van der Waals surface area contributed by atoms with Gasteiger partial charge in [0.05, 0.1) is 13.2 Å². The van der Waals surface area contributed by atoms with E-state index in [2.05, 4.69) is 20.7 Å². The Morgan fingerprint density at radius 1 is 1.25 bits per heavy atom. The van der Waals surface area contributed by atoms with Crippen molar-refractivity contribution >= 4 is 24.2 Å². The summed E-state index contributed by atoms with van der Waals surface area (Å²) in [6.07, 6.45) is 1.23. The number of alkyl carbamates (subject to hydrolysis) is 1. The van der Waals surface area contributed by atoms with Gasteiger partial charge in [0.15, 0.2) is 0 Å². The fourth-order valence-electron chi connectivity index (χ4n) is 1.38. The van der Waals surface area contributed by atoms with Crippen molar-refractivity contribution in [3.8, 4) is 0 Å². The number of rotatable bonds is 8. The van der Waals surface area contributed by atoms with Gasteiger partial charge in [0, 0.05) is 0 Å². The first-order valence-electron chi connectivity index (χ1n) is 6.31. The normalized spacial score (nSPS) is 12.8. The molecule has 2 unspecified atom stereocenters. The Morgan fingerprint density at radius 2 is 1.90 bits per heavy atom. The van der Waals surface area contributed by atoms with Crippen LogP contribution >= 0.6 is 0 Å². The van der Waals surface area contributed by atoms with E-state index in [1.165, 1.54) is 14.0 Å². The zero-order valence-electron chi connectivity index (χ0n) is 11.9. The molecule has 2 atom stereocenters. The summed E-state index contributed by atoms with van der Waals surface area (Å²) in [5, 5.41) is 7.10. The molecule has 0 aliphatic rings. The number of methoxy groups -OCH3 is 1. The third-order valence-electron chi connectivity index (χ3n) is 2.44. The zero-order chi connectivity index (χ0) is 15.5. The van der Waals surface area contributed by atoms with Gasteiger partial charge in [0.1, 0.15) is 18.9 Å². The van der Waals surface area contributed by atoms with Crippen molar-refractivity contribution in [2.24, 2.45) is 0 Å². The maximum Gasteiger partial charge on any atom is 0.407 e. The molecule has 0 aliphatic heterocycles. The van der Waals surface area contributed by atoms with E-state index in [0.29, 0.717) is 12.7 Å². The molecule has 0 rings (SSSR count). The van der Waals surface area contributed by atoms with Crippen LogP contribution in [0.1, 0.15) is 26.7 Å². The number of amides is 3. The molecule has 8 nitrogen and oxygen atoms in total. The molecule has 0 fully saturated rings. The Labute approximate surface area is 117 Å². The molecular formula is C12H21N3O5. The van der Waals surface area contributed by atoms with Crippen LogP contribution in [0.3, 0.4) is 0 Å². The van der Waals surface area contributed by atoms with Gasteiger partial charge in [0.25, 0.3) is 0 Å². The van der Waals surface area contributed by atoms with Crippen LogP contribution in [0.25, 0.3) is 0 Å². The van der Waals surface area contributed by atoms with Crippen molar-refractivity contribution in [2.75, 3.05) is 13.7 Å². The topological polar surface area (TPSA) is 114 Å². The average Bonchev–Trinajstić information content (AvgIpc) is 2.43. The monoisotopic (exact) mass is 287 g/mol. The largest absolute Gasteiger partial charge is 0.453 e. The first-order valence-corrected chi connectivity index (χ1v) is 6.31. The molecule has 114 valence electrons. The van der Waals surface area contributed by atoms with Crippen molar-refractivity contribution in [3.63, 3.8) is 0 Å². The fraction of sp³-hybridized carbons (Fsp3) is 0.667. The lowest BCUT2D eigenvalue weighted by Gasteiger charge is -2.17. The van der Waals surface area contributed by atoms with E-state index in [9.17, 15) is 19.2 Å². The minimum Gasteiger partial charge on any atom is -0.453 e. The summed E-state index contributed by atoms with van der Waals surface area (Å²) < 4.78 is 4.30. The van der Waals surface area contributed by atoms with E-state index in [4.69, 9.17) is 0 Å². The van der Waals surface area contributed by atoms with Gasteiger partial charge in [-0.1, -0.05) is 13.3 Å². The standard InChI is InChI=1S/C12H21N3O5/c1-4-5-9(7-16)15-11(18)8(2)14-10(17)6-13-12(19)20-3/h7-9H,4-6H2,1-3H3,(H,13,19)(H,14,17)(H,15,18). The summed E-state index contributed by atoms with van der Waals surface area (Å²) in [6, 6.07) is -1.36. The molecule has 8 heteroatoms. The SMILES string of the molecule is CCCC(C=O)NC(=O)C(C)NC(=O)CNC(=O)OC. The van der Waals surface area contributed by atoms with Crippen molar-refractivity contribution in [1.29, 1.82) is 0 Å². The minimum atomic E-state index is -0.804. The predicted molar refractivity (Wildman–Crippen MR) is 70.9 cm³/mol. The van der Waals surface area contributed by atoms with Crippen LogP contribution in [-0.4, -0.2) is 49.9 Å². The van der Waals surface area contributed by atoms with Gasteiger partial charge < -0.3 is 25.5 Å². The van der Waals surface area contributed by atoms with Crippen LogP contribution in [0.5, 0.6) is 0 Å². The summed E-state index contributed by atoms with van der Waals surface area (Å²) in [5.74, 6) is -0.988. The Bertz CT molecular complexity index is 359. The molecular weight excluding hydrogens is 266 g/mol. The lowest BCUT2D eigenvalue weighted by molar-refractivity contribution is -0.129. The predicted octanol–water partition coefficient (Wildman–Crippen LogP) is -0.669. The third kappa shape index (κ3) is 7.34. The fourth-order valence-corrected chi connectivity index (χ4v) is 1.38. The second-order valence-electron chi connectivity index (χ2n) is 4.17. The molecule has 20 heavy (non-hydrogen) atoms. The number of hydrogen-bond donors (Lipinski definition) is 3. The first kappa shape index (κ1) is 17.9. The first-order chi connectivity index (χ1) is 9.44. The number of hydrogen-bond acceptors (Lipinski definition) is 5. The van der Waals surface area contributed by atoms with Crippen molar-refractivity contribution in [3.05, 3.63) is 0 Å². The van der Waals surface area contributed by atoms with Gasteiger partial charge in [-0.15, -0.1) is 0 Å². The molecule has 0 aromatic heterocycles. The second kappa shape index (κ2) is 9.76. The zero-order valence-corrected chi connectivity index (χ0v) is 11.9. The second-order valence-corrected chi connectivity index (χ2v) is 4.17. The summed E-state index contributed by atoms with van der Waals surface area (Å²) in [4.78, 5) is 44.6. The molecule has 0 heterocycles. The van der Waals surface area contributed by atoms with Crippen LogP contribution in [0.15, 0.2) is 0 Å². The Kier molecular flexibility index (Phi) is 8.73.